The molecule has 2 N–H and O–H groups in total. The molecule has 1 unspecified atom stereocenters. The van der Waals surface area contributed by atoms with Crippen LogP contribution in [0.3, 0.4) is 0 Å². The highest BCUT2D eigenvalue weighted by atomic mass is 32.2. The van der Waals surface area contributed by atoms with E-state index in [-0.39, 0.29) is 6.04 Å². The Morgan fingerprint density at radius 1 is 1.59 bits per heavy atom. The van der Waals surface area contributed by atoms with Crippen LogP contribution >= 0.6 is 0 Å². The molecule has 3 heterocycles. The van der Waals surface area contributed by atoms with Crippen LogP contribution in [0, 0.1) is 0 Å². The second-order valence-corrected chi connectivity index (χ2v) is 7.01. The third-order valence-electron chi connectivity index (χ3n) is 4.29. The van der Waals surface area contributed by atoms with Crippen molar-refractivity contribution < 1.29 is 13.2 Å². The first-order valence-electron chi connectivity index (χ1n) is 7.50. The van der Waals surface area contributed by atoms with Crippen LogP contribution in [0.5, 0.6) is 0 Å². The molecule has 8 heteroatoms. The molecule has 0 aliphatic carbocycles. The minimum absolute atomic E-state index is 0.219. The largest absolute Gasteiger partial charge is 0.367 e. The first kappa shape index (κ1) is 15.6. The Balaban J connectivity index is 1.60. The molecular formula is C14H21FN4O2S. The summed E-state index contributed by atoms with van der Waals surface area (Å²) in [4.78, 5) is 6.58. The maximum atomic E-state index is 13.3. The summed E-state index contributed by atoms with van der Waals surface area (Å²) >= 11 is -1.92. The zero-order valence-corrected chi connectivity index (χ0v) is 13.4. The highest BCUT2D eigenvalue weighted by Crippen LogP contribution is 2.29. The van der Waals surface area contributed by atoms with E-state index in [9.17, 15) is 8.60 Å². The van der Waals surface area contributed by atoms with Gasteiger partial charge in [-0.25, -0.2) is 17.9 Å². The van der Waals surface area contributed by atoms with E-state index >= 15 is 0 Å². The molecule has 3 atom stereocenters. The predicted molar refractivity (Wildman–Crippen MR) is 85.1 cm³/mol. The van der Waals surface area contributed by atoms with Crippen molar-refractivity contribution in [1.82, 2.24) is 9.29 Å². The Hall–Kier alpha value is -1.25. The van der Waals surface area contributed by atoms with Crippen LogP contribution in [0.2, 0.25) is 0 Å². The zero-order valence-electron chi connectivity index (χ0n) is 12.5. The Kier molecular flexibility index (Phi) is 4.60. The fourth-order valence-corrected chi connectivity index (χ4v) is 3.23. The summed E-state index contributed by atoms with van der Waals surface area (Å²) in [5.41, 5.74) is 1.15. The van der Waals surface area contributed by atoms with Crippen LogP contribution in [0.25, 0.3) is 0 Å². The lowest BCUT2D eigenvalue weighted by molar-refractivity contribution is 0.364. The fourth-order valence-electron chi connectivity index (χ4n) is 2.97. The van der Waals surface area contributed by atoms with E-state index in [1.165, 1.54) is 4.31 Å². The van der Waals surface area contributed by atoms with Crippen molar-refractivity contribution in [3.8, 4) is 0 Å². The van der Waals surface area contributed by atoms with Crippen molar-refractivity contribution in [2.75, 3.05) is 36.9 Å². The molecule has 3 rings (SSSR count). The smallest absolute Gasteiger partial charge is 0.234 e. The van der Waals surface area contributed by atoms with Crippen LogP contribution in [0.4, 0.5) is 16.0 Å². The molecule has 1 aromatic rings. The molecule has 1 saturated heterocycles. The summed E-state index contributed by atoms with van der Waals surface area (Å²) < 4.78 is 34.6. The number of hydrogen-bond donors (Lipinski definition) is 2. The molecule has 122 valence electrons. The summed E-state index contributed by atoms with van der Waals surface area (Å²) in [6, 6.07) is 4.22. The van der Waals surface area contributed by atoms with Crippen LogP contribution < -0.4 is 10.2 Å². The van der Waals surface area contributed by atoms with Crippen molar-refractivity contribution in [3.05, 3.63) is 17.7 Å². The van der Waals surface area contributed by atoms with Gasteiger partial charge in [-0.2, -0.15) is 0 Å². The molecule has 2 aliphatic rings. The first-order valence-corrected chi connectivity index (χ1v) is 8.57. The second kappa shape index (κ2) is 6.47. The standard InChI is InChI=1S/C14H21FN4O2S/c1-18(22(20)21)6-5-12-8-10-2-3-13(17-14(10)16-12)19-7-4-11(15)9-19/h2-3,11-12H,4-9H2,1H3,(H,16,17)(H,20,21)/t11-,12-/m0/s1. The summed E-state index contributed by atoms with van der Waals surface area (Å²) in [5, 5.41) is 3.37. The maximum absolute atomic E-state index is 13.3. The van der Waals surface area contributed by atoms with Gasteiger partial charge in [-0.3, -0.25) is 4.55 Å². The summed E-state index contributed by atoms with van der Waals surface area (Å²) in [6.45, 7) is 1.67. The molecule has 0 spiro atoms. The molecule has 0 bridgehead atoms. The van der Waals surface area contributed by atoms with Crippen molar-refractivity contribution in [3.63, 3.8) is 0 Å². The number of halogens is 1. The maximum Gasteiger partial charge on any atom is 0.234 e. The van der Waals surface area contributed by atoms with E-state index in [4.69, 9.17) is 4.55 Å². The number of rotatable bonds is 5. The average molecular weight is 328 g/mol. The van der Waals surface area contributed by atoms with Crippen LogP contribution in [0.15, 0.2) is 12.1 Å². The molecule has 0 saturated carbocycles. The number of anilines is 2. The van der Waals surface area contributed by atoms with Crippen LogP contribution in [-0.2, 0) is 17.7 Å². The van der Waals surface area contributed by atoms with Crippen molar-refractivity contribution in [2.24, 2.45) is 0 Å². The minimum atomic E-state index is -1.92. The molecule has 0 aromatic carbocycles. The van der Waals surface area contributed by atoms with Crippen LogP contribution in [0.1, 0.15) is 18.4 Å². The van der Waals surface area contributed by atoms with E-state index in [1.807, 2.05) is 17.0 Å². The van der Waals surface area contributed by atoms with E-state index in [2.05, 4.69) is 10.3 Å². The van der Waals surface area contributed by atoms with Crippen molar-refractivity contribution in [2.45, 2.75) is 31.5 Å². The number of hydrogen-bond acceptors (Lipinski definition) is 4. The SMILES string of the molecule is CN(CC[C@H]1Cc2ccc(N3CC[C@H](F)C3)nc2N1)S(=O)O. The molecule has 0 amide bonds. The summed E-state index contributed by atoms with van der Waals surface area (Å²) in [7, 11) is 1.62. The fraction of sp³-hybridized carbons (Fsp3) is 0.643. The van der Waals surface area contributed by atoms with Crippen LogP contribution in [-0.4, -0.2) is 56.9 Å². The van der Waals surface area contributed by atoms with Gasteiger partial charge < -0.3 is 10.2 Å². The molecule has 0 radical (unpaired) electrons. The Bertz CT molecular complexity index is 574. The number of fused-ring (bicyclic) bond motifs is 1. The quantitative estimate of drug-likeness (QED) is 0.800. The van der Waals surface area contributed by atoms with Gasteiger partial charge in [-0.05, 0) is 30.9 Å². The molecular weight excluding hydrogens is 307 g/mol. The third-order valence-corrected chi connectivity index (χ3v) is 5.00. The Morgan fingerprint density at radius 3 is 3.09 bits per heavy atom. The van der Waals surface area contributed by atoms with Gasteiger partial charge in [-0.15, -0.1) is 0 Å². The van der Waals surface area contributed by atoms with E-state index in [1.54, 1.807) is 7.05 Å². The molecule has 2 aliphatic heterocycles. The van der Waals surface area contributed by atoms with Crippen molar-refractivity contribution >= 4 is 22.9 Å². The number of nitrogens with one attached hydrogen (secondary N) is 1. The third kappa shape index (κ3) is 3.39. The zero-order chi connectivity index (χ0) is 15.7. The van der Waals surface area contributed by atoms with Gasteiger partial charge in [0.05, 0.1) is 6.54 Å². The second-order valence-electron chi connectivity index (χ2n) is 5.93. The number of pyridine rings is 1. The number of alkyl halides is 1. The summed E-state index contributed by atoms with van der Waals surface area (Å²) in [5.74, 6) is 1.68. The molecule has 1 aromatic heterocycles. The monoisotopic (exact) mass is 328 g/mol. The van der Waals surface area contributed by atoms with Gasteiger partial charge in [0.25, 0.3) is 0 Å². The Labute approximate surface area is 132 Å². The highest BCUT2D eigenvalue weighted by molar-refractivity contribution is 7.76. The van der Waals surface area contributed by atoms with E-state index in [0.29, 0.717) is 26.1 Å². The topological polar surface area (TPSA) is 68.7 Å². The molecule has 6 nitrogen and oxygen atoms in total. The van der Waals surface area contributed by atoms with E-state index < -0.39 is 17.4 Å². The predicted octanol–water partition coefficient (Wildman–Crippen LogP) is 1.43. The van der Waals surface area contributed by atoms with Gasteiger partial charge in [-0.1, -0.05) is 6.07 Å². The van der Waals surface area contributed by atoms with Gasteiger partial charge in [0.15, 0.2) is 0 Å². The number of nitrogens with zero attached hydrogens (tertiary/aromatic N) is 3. The molecule has 1 fully saturated rings. The lowest BCUT2D eigenvalue weighted by atomic mass is 10.1. The first-order chi connectivity index (χ1) is 10.5. The lowest BCUT2D eigenvalue weighted by Gasteiger charge is -2.17. The average Bonchev–Trinajstić information content (AvgIpc) is 3.09. The normalized spacial score (nSPS) is 25.4. The summed E-state index contributed by atoms with van der Waals surface area (Å²) in [6.07, 6.45) is 1.44. The minimum Gasteiger partial charge on any atom is -0.367 e. The van der Waals surface area contributed by atoms with Crippen molar-refractivity contribution in [1.29, 1.82) is 0 Å². The van der Waals surface area contributed by atoms with Gasteiger partial charge in [0.1, 0.15) is 17.8 Å². The highest BCUT2D eigenvalue weighted by Gasteiger charge is 2.26. The van der Waals surface area contributed by atoms with Gasteiger partial charge in [0, 0.05) is 26.2 Å². The Morgan fingerprint density at radius 2 is 2.41 bits per heavy atom. The number of aromatic nitrogens is 1. The molecule has 22 heavy (non-hydrogen) atoms. The van der Waals surface area contributed by atoms with E-state index in [0.717, 1.165) is 30.0 Å². The lowest BCUT2D eigenvalue weighted by Crippen LogP contribution is -2.27. The van der Waals surface area contributed by atoms with Gasteiger partial charge in [0.2, 0.25) is 11.3 Å². The van der Waals surface area contributed by atoms with Gasteiger partial charge >= 0.3 is 0 Å².